The van der Waals surface area contributed by atoms with Gasteiger partial charge in [0, 0.05) is 0 Å². The molecule has 1 aromatic rings. The molecule has 4 nitrogen and oxygen atoms in total. The number of aromatic nitrogens is 1. The Labute approximate surface area is 104 Å². The largest absolute Gasteiger partial charge is 0.462 e. The molecule has 0 amide bonds. The molecular weight excluding hydrogens is 236 g/mol. The molecule has 0 atom stereocenters. The smallest absolute Gasteiger partial charge is 0.337 e. The van der Waals surface area contributed by atoms with E-state index in [1.54, 1.807) is 26.0 Å². The molecule has 92 valence electrons. The number of rotatable bonds is 3. The molecule has 0 saturated carbocycles. The molecule has 1 aromatic heterocycles. The summed E-state index contributed by atoms with van der Waals surface area (Å²) in [4.78, 5) is 15.8. The lowest BCUT2D eigenvalue weighted by atomic mass is 10.2. The normalized spacial score (nSPS) is 14.2. The number of hydrogen-bond acceptors (Lipinski definition) is 5. The van der Waals surface area contributed by atoms with Gasteiger partial charge in [-0.15, -0.1) is 0 Å². The number of allylic oxidation sites excluding steroid dienone is 1. The topological polar surface area (TPSA) is 65.2 Å². The lowest BCUT2D eigenvalue weighted by molar-refractivity contribution is -0.137. The first-order chi connectivity index (χ1) is 8.12. The molecule has 1 heterocycles. The number of esters is 1. The number of nitrogens with zero attached hydrogens (tertiary/aromatic N) is 1. The highest BCUT2D eigenvalue weighted by molar-refractivity contribution is 7.13. The maximum Gasteiger partial charge on any atom is 0.337 e. The van der Waals surface area contributed by atoms with Crippen molar-refractivity contribution in [3.8, 4) is 0 Å². The number of nitrogen functional groups attached to an aromatic ring is 1. The predicted molar refractivity (Wildman–Crippen MR) is 70.8 cm³/mol. The van der Waals surface area contributed by atoms with E-state index >= 15 is 0 Å². The van der Waals surface area contributed by atoms with E-state index in [-0.39, 0.29) is 5.97 Å². The standard InChI is InChI=1S/C12H16N2O2S/c1-4-8(11(15)16-6-3)7-10-9(5-2)14-12(13)17-10/h4-5,7H,6H2,1-3H3,(H2,13,14)/b8-4+,9-5+,10-7+. The molecule has 0 radical (unpaired) electrons. The fraction of sp³-hybridized carbons (Fsp3) is 0.333. The predicted octanol–water partition coefficient (Wildman–Crippen LogP) is 0.816. The average molecular weight is 252 g/mol. The van der Waals surface area contributed by atoms with Gasteiger partial charge in [0.15, 0.2) is 5.13 Å². The van der Waals surface area contributed by atoms with Crippen LogP contribution >= 0.6 is 11.3 Å². The zero-order valence-corrected chi connectivity index (χ0v) is 11.0. The van der Waals surface area contributed by atoms with Gasteiger partial charge in [0.1, 0.15) is 0 Å². The maximum absolute atomic E-state index is 11.6. The molecule has 0 spiro atoms. The number of hydrogen-bond donors (Lipinski definition) is 1. The molecule has 5 heteroatoms. The maximum atomic E-state index is 11.6. The first-order valence-electron chi connectivity index (χ1n) is 5.36. The van der Waals surface area contributed by atoms with Gasteiger partial charge in [-0.2, -0.15) is 0 Å². The van der Waals surface area contributed by atoms with Crippen LogP contribution in [0, 0.1) is 0 Å². The first kappa shape index (κ1) is 13.4. The highest BCUT2D eigenvalue weighted by Gasteiger charge is 2.06. The van der Waals surface area contributed by atoms with Gasteiger partial charge in [0.25, 0.3) is 0 Å². The van der Waals surface area contributed by atoms with Crippen LogP contribution in [0.3, 0.4) is 0 Å². The summed E-state index contributed by atoms with van der Waals surface area (Å²) in [6.45, 7) is 5.82. The van der Waals surface area contributed by atoms with Crippen LogP contribution in [-0.4, -0.2) is 17.6 Å². The van der Waals surface area contributed by atoms with Crippen LogP contribution < -0.4 is 15.6 Å². The van der Waals surface area contributed by atoms with E-state index in [1.807, 2.05) is 13.0 Å². The summed E-state index contributed by atoms with van der Waals surface area (Å²) in [5, 5.41) is 1.28. The fourth-order valence-electron chi connectivity index (χ4n) is 1.29. The third-order valence-electron chi connectivity index (χ3n) is 2.08. The second kappa shape index (κ2) is 6.20. The number of thiazole rings is 1. The summed E-state index contributed by atoms with van der Waals surface area (Å²) in [6.07, 6.45) is 5.33. The average Bonchev–Trinajstić information content (AvgIpc) is 2.66. The lowest BCUT2D eigenvalue weighted by Crippen LogP contribution is -2.21. The van der Waals surface area contributed by atoms with Gasteiger partial charge in [-0.1, -0.05) is 23.5 Å². The van der Waals surface area contributed by atoms with Crippen molar-refractivity contribution in [2.75, 3.05) is 12.3 Å². The highest BCUT2D eigenvalue weighted by Crippen LogP contribution is 2.02. The second-order valence-corrected chi connectivity index (χ2v) is 4.26. The minimum Gasteiger partial charge on any atom is -0.462 e. The highest BCUT2D eigenvalue weighted by atomic mass is 32.1. The Morgan fingerprint density at radius 1 is 1.53 bits per heavy atom. The second-order valence-electron chi connectivity index (χ2n) is 3.20. The van der Waals surface area contributed by atoms with Crippen LogP contribution in [-0.2, 0) is 9.53 Å². The molecule has 0 aliphatic carbocycles. The summed E-state index contributed by atoms with van der Waals surface area (Å²) < 4.78 is 5.82. The van der Waals surface area contributed by atoms with Gasteiger partial charge in [0.05, 0.1) is 22.1 Å². The van der Waals surface area contributed by atoms with Crippen LogP contribution in [0.25, 0.3) is 12.2 Å². The molecule has 0 bridgehead atoms. The first-order valence-corrected chi connectivity index (χ1v) is 6.17. The monoisotopic (exact) mass is 252 g/mol. The molecule has 0 aromatic carbocycles. The van der Waals surface area contributed by atoms with Crippen LogP contribution in [0.4, 0.5) is 5.13 Å². The Morgan fingerprint density at radius 3 is 2.76 bits per heavy atom. The minimum atomic E-state index is -0.330. The van der Waals surface area contributed by atoms with Crippen LogP contribution in [0.2, 0.25) is 0 Å². The molecule has 0 unspecified atom stereocenters. The SMILES string of the molecule is C\C=C(/C=c1/sc(N)n/c1=C/C)C(=O)OCC. The van der Waals surface area contributed by atoms with Gasteiger partial charge in [0.2, 0.25) is 0 Å². The summed E-state index contributed by atoms with van der Waals surface area (Å²) in [5.74, 6) is -0.330. The van der Waals surface area contributed by atoms with E-state index in [0.717, 1.165) is 9.88 Å². The van der Waals surface area contributed by atoms with E-state index in [9.17, 15) is 4.79 Å². The van der Waals surface area contributed by atoms with Crippen LogP contribution in [0.5, 0.6) is 0 Å². The Hall–Kier alpha value is -1.62. The molecular formula is C12H16N2O2S. The van der Waals surface area contributed by atoms with E-state index in [4.69, 9.17) is 10.5 Å². The number of anilines is 1. The number of carbonyl (C=O) groups is 1. The van der Waals surface area contributed by atoms with Crippen molar-refractivity contribution in [2.24, 2.45) is 0 Å². The quantitative estimate of drug-likeness (QED) is 0.639. The Bertz CT molecular complexity index is 543. The van der Waals surface area contributed by atoms with Crippen LogP contribution in [0.1, 0.15) is 20.8 Å². The Morgan fingerprint density at radius 2 is 2.24 bits per heavy atom. The summed E-state index contributed by atoms with van der Waals surface area (Å²) in [5.41, 5.74) is 6.15. The number of ether oxygens (including phenoxy) is 1. The summed E-state index contributed by atoms with van der Waals surface area (Å²) >= 11 is 1.35. The molecule has 2 N–H and O–H groups in total. The molecule has 0 aliphatic rings. The van der Waals surface area contributed by atoms with Gasteiger partial charge in [-0.05, 0) is 26.8 Å². The minimum absolute atomic E-state index is 0.330. The van der Waals surface area contributed by atoms with Crippen molar-refractivity contribution < 1.29 is 9.53 Å². The van der Waals surface area contributed by atoms with E-state index in [2.05, 4.69) is 4.98 Å². The zero-order valence-electron chi connectivity index (χ0n) is 10.2. The number of carbonyl (C=O) groups excluding carboxylic acids is 1. The lowest BCUT2D eigenvalue weighted by Gasteiger charge is -2.00. The van der Waals surface area contributed by atoms with Gasteiger partial charge in [-0.3, -0.25) is 0 Å². The fourth-order valence-corrected chi connectivity index (χ4v) is 2.11. The van der Waals surface area contributed by atoms with Gasteiger partial charge < -0.3 is 10.5 Å². The molecule has 0 fully saturated rings. The van der Waals surface area contributed by atoms with Crippen LogP contribution in [0.15, 0.2) is 11.6 Å². The summed E-state index contributed by atoms with van der Waals surface area (Å²) in [6, 6.07) is 0. The zero-order chi connectivity index (χ0) is 12.8. The number of nitrogens with two attached hydrogens (primary N) is 1. The molecule has 1 rings (SSSR count). The van der Waals surface area contributed by atoms with Crippen molar-refractivity contribution in [1.82, 2.24) is 4.98 Å². The van der Waals surface area contributed by atoms with E-state index in [1.165, 1.54) is 11.3 Å². The van der Waals surface area contributed by atoms with Crippen molar-refractivity contribution >= 4 is 34.6 Å². The third kappa shape index (κ3) is 3.42. The van der Waals surface area contributed by atoms with E-state index < -0.39 is 0 Å². The van der Waals surface area contributed by atoms with Crippen molar-refractivity contribution in [1.29, 1.82) is 0 Å². The van der Waals surface area contributed by atoms with Crippen molar-refractivity contribution in [3.63, 3.8) is 0 Å². The molecule has 17 heavy (non-hydrogen) atoms. The molecule has 0 saturated heterocycles. The summed E-state index contributed by atoms with van der Waals surface area (Å²) in [7, 11) is 0. The Balaban J connectivity index is 3.21. The third-order valence-corrected chi connectivity index (χ3v) is 2.93. The Kier molecular flexibility index (Phi) is 4.90. The van der Waals surface area contributed by atoms with Crippen molar-refractivity contribution in [3.05, 3.63) is 21.5 Å². The van der Waals surface area contributed by atoms with Crippen molar-refractivity contribution in [2.45, 2.75) is 20.8 Å². The van der Waals surface area contributed by atoms with Gasteiger partial charge in [-0.25, -0.2) is 9.78 Å². The van der Waals surface area contributed by atoms with E-state index in [0.29, 0.717) is 17.3 Å². The molecule has 0 aliphatic heterocycles. The van der Waals surface area contributed by atoms with Gasteiger partial charge >= 0.3 is 5.97 Å².